The van der Waals surface area contributed by atoms with Crippen LogP contribution in [0, 0.1) is 0 Å². The van der Waals surface area contributed by atoms with Gasteiger partial charge in [0.25, 0.3) is 0 Å². The molecule has 0 aromatic heterocycles. The van der Waals surface area contributed by atoms with Crippen molar-refractivity contribution in [3.8, 4) is 5.75 Å². The number of carbonyl (C=O) groups excluding carboxylic acids is 1. The lowest BCUT2D eigenvalue weighted by Crippen LogP contribution is -2.50. The van der Waals surface area contributed by atoms with Crippen LogP contribution in [-0.2, 0) is 30.5 Å². The molecule has 5 N–H and O–H groups in total. The molecule has 43 heavy (non-hydrogen) atoms. The second kappa shape index (κ2) is 14.7. The summed E-state index contributed by atoms with van der Waals surface area (Å²) in [6, 6.07) is 12.5. The summed E-state index contributed by atoms with van der Waals surface area (Å²) in [6.07, 6.45) is -2.87. The predicted molar refractivity (Wildman–Crippen MR) is 151 cm³/mol. The number of halogens is 3. The normalized spacial score (nSPS) is 19.7. The number of methoxy groups -OCH3 is 1. The van der Waals surface area contributed by atoms with Gasteiger partial charge in [-0.15, -0.1) is 0 Å². The highest BCUT2D eigenvalue weighted by molar-refractivity contribution is 7.91. The molecule has 0 saturated carbocycles. The van der Waals surface area contributed by atoms with Gasteiger partial charge in [0.15, 0.2) is 9.84 Å². The maximum atomic E-state index is 13.8. The van der Waals surface area contributed by atoms with Crippen LogP contribution < -0.4 is 15.4 Å². The van der Waals surface area contributed by atoms with E-state index in [2.05, 4.69) is 17.6 Å². The summed E-state index contributed by atoms with van der Waals surface area (Å²) in [4.78, 5) is 39.2. The van der Waals surface area contributed by atoms with Gasteiger partial charge < -0.3 is 24.9 Å². The SMILES string of the molecule is CCCC[C@]1(CC)CS(=O)(=O)c2cc(CNC(=O)CP(=O)(O)O)c(OC)cc2[C@@H](c2ccccc2)N1.O=C(O)C(F)(F)F. The van der Waals surface area contributed by atoms with Crippen molar-refractivity contribution in [2.24, 2.45) is 0 Å². The molecule has 2 aromatic carbocycles. The van der Waals surface area contributed by atoms with Crippen LogP contribution in [0.3, 0.4) is 0 Å². The van der Waals surface area contributed by atoms with Gasteiger partial charge in [0.1, 0.15) is 11.9 Å². The van der Waals surface area contributed by atoms with Gasteiger partial charge in [-0.3, -0.25) is 14.7 Å². The number of hydrogen-bond acceptors (Lipinski definition) is 7. The zero-order valence-electron chi connectivity index (χ0n) is 23.8. The zero-order chi connectivity index (χ0) is 32.6. The van der Waals surface area contributed by atoms with Crippen LogP contribution in [0.15, 0.2) is 47.4 Å². The molecule has 0 fully saturated rings. The molecule has 1 aliphatic rings. The Hall–Kier alpha value is -2.97. The van der Waals surface area contributed by atoms with Crippen molar-refractivity contribution in [3.05, 3.63) is 59.2 Å². The summed E-state index contributed by atoms with van der Waals surface area (Å²) in [5, 5.41) is 13.3. The van der Waals surface area contributed by atoms with Crippen molar-refractivity contribution in [1.82, 2.24) is 10.6 Å². The second-order valence-electron chi connectivity index (χ2n) is 10.1. The highest BCUT2D eigenvalue weighted by Gasteiger charge is 2.42. The first kappa shape index (κ1) is 36.2. The van der Waals surface area contributed by atoms with Crippen LogP contribution in [0.25, 0.3) is 0 Å². The Bertz CT molecular complexity index is 1430. The van der Waals surface area contributed by atoms with Crippen LogP contribution in [0.4, 0.5) is 13.2 Å². The summed E-state index contributed by atoms with van der Waals surface area (Å²) in [7, 11) is -6.81. The van der Waals surface area contributed by atoms with Crippen molar-refractivity contribution >= 4 is 29.3 Å². The van der Waals surface area contributed by atoms with E-state index in [4.69, 9.17) is 24.4 Å². The molecule has 1 amide bonds. The standard InChI is InChI=1S/C25H35N2O7PS.C2HF3O2/c1-4-6-12-25(5-2)17-36(32,33)22-13-19(15-26-23(28)16-35(29,30)31)21(34-3)14-20(22)24(27-25)18-10-8-7-9-11-18;3-2(4,5)1(6)7/h7-11,13-14,24,27H,4-6,12,15-17H2,1-3H3,(H,26,28)(H2,29,30,31);(H,6,7)/t24-,25-;/m1./s1. The third-order valence-electron chi connectivity index (χ3n) is 6.86. The molecule has 1 aliphatic heterocycles. The largest absolute Gasteiger partial charge is 0.496 e. The number of alkyl halides is 3. The van der Waals surface area contributed by atoms with Gasteiger partial charge in [-0.1, -0.05) is 57.0 Å². The molecule has 0 bridgehead atoms. The lowest BCUT2D eigenvalue weighted by molar-refractivity contribution is -0.192. The molecule has 11 nitrogen and oxygen atoms in total. The van der Waals surface area contributed by atoms with Gasteiger partial charge >= 0.3 is 19.7 Å². The smallest absolute Gasteiger partial charge is 0.490 e. The van der Waals surface area contributed by atoms with E-state index >= 15 is 0 Å². The van der Waals surface area contributed by atoms with E-state index in [0.29, 0.717) is 29.7 Å². The van der Waals surface area contributed by atoms with Crippen LogP contribution in [0.1, 0.15) is 62.3 Å². The summed E-state index contributed by atoms with van der Waals surface area (Å²) in [6.45, 7) is 3.94. The Morgan fingerprint density at radius 3 is 2.26 bits per heavy atom. The van der Waals surface area contributed by atoms with E-state index in [1.807, 2.05) is 37.3 Å². The number of ether oxygens (including phenoxy) is 1. The summed E-state index contributed by atoms with van der Waals surface area (Å²) in [5.41, 5.74) is 1.27. The number of benzene rings is 2. The van der Waals surface area contributed by atoms with Gasteiger partial charge in [-0.2, -0.15) is 13.2 Å². The molecule has 16 heteroatoms. The maximum absolute atomic E-state index is 13.8. The first-order valence-electron chi connectivity index (χ1n) is 13.3. The van der Waals surface area contributed by atoms with Crippen molar-refractivity contribution < 1.29 is 55.4 Å². The molecule has 2 atom stereocenters. The molecule has 3 rings (SSSR count). The molecule has 0 unspecified atom stereocenters. The number of rotatable bonds is 10. The summed E-state index contributed by atoms with van der Waals surface area (Å²) in [5.74, 6) is -3.28. The fourth-order valence-electron chi connectivity index (χ4n) is 4.69. The molecule has 2 aromatic rings. The molecular formula is C27H36F3N2O9PS. The fourth-order valence-corrected chi connectivity index (χ4v) is 7.35. The molecule has 240 valence electrons. The monoisotopic (exact) mass is 652 g/mol. The first-order valence-corrected chi connectivity index (χ1v) is 16.7. The Labute approximate surface area is 247 Å². The first-order chi connectivity index (χ1) is 19.9. The minimum absolute atomic E-state index is 0.0663. The molecular weight excluding hydrogens is 616 g/mol. The number of aliphatic carboxylic acids is 1. The van der Waals surface area contributed by atoms with Gasteiger partial charge in [0.2, 0.25) is 5.91 Å². The third-order valence-corrected chi connectivity index (χ3v) is 9.52. The van der Waals surface area contributed by atoms with E-state index in [-0.39, 0.29) is 17.2 Å². The molecule has 0 spiro atoms. The lowest BCUT2D eigenvalue weighted by Gasteiger charge is -2.36. The van der Waals surface area contributed by atoms with Gasteiger partial charge in [0.05, 0.1) is 23.8 Å². The predicted octanol–water partition coefficient (Wildman–Crippen LogP) is 3.93. The highest BCUT2D eigenvalue weighted by Crippen LogP contribution is 2.41. The minimum Gasteiger partial charge on any atom is -0.496 e. The zero-order valence-corrected chi connectivity index (χ0v) is 25.6. The lowest BCUT2D eigenvalue weighted by atomic mass is 9.88. The van der Waals surface area contributed by atoms with Gasteiger partial charge in [0, 0.05) is 17.6 Å². The molecule has 1 heterocycles. The van der Waals surface area contributed by atoms with Crippen LogP contribution in [0.5, 0.6) is 5.75 Å². The summed E-state index contributed by atoms with van der Waals surface area (Å²) < 4.78 is 76.1. The molecule has 0 radical (unpaired) electrons. The number of nitrogens with one attached hydrogen (secondary N) is 2. The van der Waals surface area contributed by atoms with Gasteiger partial charge in [-0.05, 0) is 36.1 Å². The van der Waals surface area contributed by atoms with Crippen molar-refractivity contribution in [1.29, 1.82) is 0 Å². The summed E-state index contributed by atoms with van der Waals surface area (Å²) >= 11 is 0. The third kappa shape index (κ3) is 10.3. The van der Waals surface area contributed by atoms with E-state index in [9.17, 15) is 30.9 Å². The van der Waals surface area contributed by atoms with E-state index in [1.54, 1.807) is 6.07 Å². The number of carbonyl (C=O) groups is 2. The number of carboxylic acids is 1. The molecule has 0 saturated heterocycles. The Kier molecular flexibility index (Phi) is 12.4. The number of carboxylic acid groups (broad SMARTS) is 1. The number of amides is 1. The van der Waals surface area contributed by atoms with Crippen molar-refractivity contribution in [2.75, 3.05) is 19.0 Å². The van der Waals surface area contributed by atoms with Gasteiger partial charge in [-0.25, -0.2) is 13.2 Å². The maximum Gasteiger partial charge on any atom is 0.490 e. The van der Waals surface area contributed by atoms with E-state index in [0.717, 1.165) is 18.4 Å². The number of sulfone groups is 1. The second-order valence-corrected chi connectivity index (χ2v) is 13.7. The van der Waals surface area contributed by atoms with E-state index in [1.165, 1.54) is 13.2 Å². The Morgan fingerprint density at radius 2 is 1.77 bits per heavy atom. The average molecular weight is 653 g/mol. The Balaban J connectivity index is 0.000000821. The van der Waals surface area contributed by atoms with Crippen LogP contribution in [0.2, 0.25) is 0 Å². The van der Waals surface area contributed by atoms with E-state index < -0.39 is 53.2 Å². The number of fused-ring (bicyclic) bond motifs is 1. The highest BCUT2D eigenvalue weighted by atomic mass is 32.2. The minimum atomic E-state index is -5.08. The number of unbranched alkanes of at least 4 members (excludes halogenated alkanes) is 1. The topological polar surface area (TPSA) is 179 Å². The average Bonchev–Trinajstić information content (AvgIpc) is 3.01. The fraction of sp³-hybridized carbons (Fsp3) is 0.481. The van der Waals surface area contributed by atoms with Crippen molar-refractivity contribution in [2.45, 2.75) is 68.7 Å². The molecule has 0 aliphatic carbocycles. The quantitative estimate of drug-likeness (QED) is 0.236. The van der Waals surface area contributed by atoms with Crippen molar-refractivity contribution in [3.63, 3.8) is 0 Å². The van der Waals surface area contributed by atoms with Crippen LogP contribution in [-0.4, -0.2) is 65.9 Å². The van der Waals surface area contributed by atoms with Crippen LogP contribution >= 0.6 is 7.60 Å². The Morgan fingerprint density at radius 1 is 1.16 bits per heavy atom. The number of hydrogen-bond donors (Lipinski definition) is 5.